The summed E-state index contributed by atoms with van der Waals surface area (Å²) in [5.74, 6) is -0.287. The zero-order valence-corrected chi connectivity index (χ0v) is 18.1. The molecule has 0 spiro atoms. The molecule has 0 amide bonds. The van der Waals surface area contributed by atoms with Crippen LogP contribution in [0.3, 0.4) is 0 Å². The number of aryl methyl sites for hydroxylation is 2. The normalized spacial score (nSPS) is 13.3. The average molecular weight is 519 g/mol. The number of ether oxygens (including phenoxy) is 3. The molecule has 0 aliphatic rings. The number of halogens is 9. The number of nitrogens with zero attached hydrogens (tertiary/aromatic N) is 1. The van der Waals surface area contributed by atoms with Crippen LogP contribution in [0.15, 0.2) is 48.5 Å². The summed E-state index contributed by atoms with van der Waals surface area (Å²) in [7, 11) is 0. The highest BCUT2D eigenvalue weighted by Crippen LogP contribution is 2.27. The van der Waals surface area contributed by atoms with Gasteiger partial charge >= 0.3 is 19.3 Å². The first-order chi connectivity index (χ1) is 16.4. The van der Waals surface area contributed by atoms with Crippen molar-refractivity contribution in [3.05, 3.63) is 59.7 Å². The van der Waals surface area contributed by atoms with Gasteiger partial charge < -0.3 is 9.47 Å². The Bertz CT molecular complexity index is 906. The molecule has 0 aromatic heterocycles. The Morgan fingerprint density at radius 2 is 1.60 bits per heavy atom. The van der Waals surface area contributed by atoms with E-state index in [0.29, 0.717) is 11.1 Å². The van der Waals surface area contributed by atoms with Crippen LogP contribution in [0.5, 0.6) is 11.5 Å². The van der Waals surface area contributed by atoms with Crippen LogP contribution in [0, 0.1) is 0 Å². The van der Waals surface area contributed by atoms with Crippen LogP contribution in [0.1, 0.15) is 24.0 Å². The lowest BCUT2D eigenvalue weighted by Crippen LogP contribution is -2.38. The topological polar surface area (TPSA) is 30.9 Å². The maximum absolute atomic E-state index is 12.8. The summed E-state index contributed by atoms with van der Waals surface area (Å²) >= 11 is 0. The van der Waals surface area contributed by atoms with Gasteiger partial charge in [-0.05, 0) is 48.6 Å². The molecule has 13 heteroatoms. The molecule has 2 aromatic rings. The van der Waals surface area contributed by atoms with Crippen LogP contribution >= 0.6 is 0 Å². The summed E-state index contributed by atoms with van der Waals surface area (Å²) in [4.78, 5) is -0.420. The number of para-hydroxylation sites is 1. The summed E-state index contributed by atoms with van der Waals surface area (Å²) in [6.07, 6.45) is -11.6. The van der Waals surface area contributed by atoms with Crippen LogP contribution in [0.25, 0.3) is 0 Å². The van der Waals surface area contributed by atoms with Gasteiger partial charge in [-0.1, -0.05) is 30.3 Å². The van der Waals surface area contributed by atoms with Crippen molar-refractivity contribution in [1.82, 2.24) is 4.90 Å². The van der Waals surface area contributed by atoms with Crippen LogP contribution < -0.4 is 9.47 Å². The second kappa shape index (κ2) is 12.9. The number of rotatable bonds is 13. The molecule has 0 saturated heterocycles. The van der Waals surface area contributed by atoms with Gasteiger partial charge in [0.1, 0.15) is 18.3 Å². The smallest absolute Gasteiger partial charge is 0.464 e. The molecule has 2 rings (SSSR count). The predicted molar refractivity (Wildman–Crippen MR) is 106 cm³/mol. The quantitative estimate of drug-likeness (QED) is 0.165. The Kier molecular flexibility index (Phi) is 10.5. The first kappa shape index (κ1) is 28.6. The predicted octanol–water partition coefficient (Wildman–Crippen LogP) is 6.84. The highest BCUT2D eigenvalue weighted by atomic mass is 19.4. The molecular weight excluding hydrogens is 497 g/mol. The van der Waals surface area contributed by atoms with Gasteiger partial charge in [0.15, 0.2) is 0 Å². The number of benzene rings is 2. The molecule has 196 valence electrons. The maximum Gasteiger partial charge on any atom is 0.573 e. The van der Waals surface area contributed by atoms with Gasteiger partial charge in [-0.3, -0.25) is 4.74 Å². The number of hydrogen-bond acceptors (Lipinski definition) is 4. The summed E-state index contributed by atoms with van der Waals surface area (Å²) in [5, 5.41) is 0. The van der Waals surface area contributed by atoms with Crippen molar-refractivity contribution in [2.45, 2.75) is 51.2 Å². The van der Waals surface area contributed by atoms with Crippen molar-refractivity contribution >= 4 is 0 Å². The molecular formula is C22H22F9NO3. The highest BCUT2D eigenvalue weighted by Gasteiger charge is 2.37. The molecule has 0 saturated carbocycles. The third-order valence-electron chi connectivity index (χ3n) is 4.67. The van der Waals surface area contributed by atoms with E-state index in [0.717, 1.165) is 6.07 Å². The Balaban J connectivity index is 2.04. The summed E-state index contributed by atoms with van der Waals surface area (Å²) in [6, 6.07) is 11.5. The van der Waals surface area contributed by atoms with Crippen molar-refractivity contribution in [3.63, 3.8) is 0 Å². The maximum atomic E-state index is 12.8. The van der Waals surface area contributed by atoms with E-state index in [-0.39, 0.29) is 31.4 Å². The first-order valence-electron chi connectivity index (χ1n) is 10.3. The molecule has 0 radical (unpaired) electrons. The van der Waals surface area contributed by atoms with Gasteiger partial charge in [0, 0.05) is 13.0 Å². The second-order valence-electron chi connectivity index (χ2n) is 7.24. The van der Waals surface area contributed by atoms with Crippen LogP contribution in [0.4, 0.5) is 39.5 Å². The van der Waals surface area contributed by atoms with E-state index >= 15 is 0 Å². The zero-order valence-electron chi connectivity index (χ0n) is 18.1. The molecule has 0 aliphatic carbocycles. The zero-order chi connectivity index (χ0) is 26.1. The minimum absolute atomic E-state index is 0.110. The molecule has 2 aromatic carbocycles. The Morgan fingerprint density at radius 1 is 0.886 bits per heavy atom. The van der Waals surface area contributed by atoms with Crippen molar-refractivity contribution in [2.75, 3.05) is 13.3 Å². The standard InChI is InChI=1S/C22H22F9NO3/c23-14-32(21(26,27)28)12-4-9-19(34-20(24)25)33-18-8-2-1-6-16(18)11-10-15-5-3-7-17(13-15)35-22(29,30)31/h1-3,5-8,13,19-20H,4,9-12,14H2. The van der Waals surface area contributed by atoms with Gasteiger partial charge in [-0.2, -0.15) is 26.9 Å². The van der Waals surface area contributed by atoms with E-state index < -0.39 is 49.6 Å². The lowest BCUT2D eigenvalue weighted by atomic mass is 10.0. The van der Waals surface area contributed by atoms with Gasteiger partial charge in [0.2, 0.25) is 6.29 Å². The average Bonchev–Trinajstić information content (AvgIpc) is 2.74. The highest BCUT2D eigenvalue weighted by molar-refractivity contribution is 5.35. The number of alkyl halides is 9. The summed E-state index contributed by atoms with van der Waals surface area (Å²) in [6.45, 7) is -5.85. The summed E-state index contributed by atoms with van der Waals surface area (Å²) < 4.78 is 127. The molecule has 1 atom stereocenters. The minimum atomic E-state index is -4.91. The molecule has 0 bridgehead atoms. The lowest BCUT2D eigenvalue weighted by molar-refractivity contribution is -0.274. The van der Waals surface area contributed by atoms with Gasteiger partial charge in [0.05, 0.1) is 0 Å². The molecule has 0 aliphatic heterocycles. The molecule has 35 heavy (non-hydrogen) atoms. The fourth-order valence-electron chi connectivity index (χ4n) is 3.12. The fourth-order valence-corrected chi connectivity index (χ4v) is 3.12. The van der Waals surface area contributed by atoms with E-state index in [4.69, 9.17) is 4.74 Å². The van der Waals surface area contributed by atoms with Crippen molar-refractivity contribution < 1.29 is 53.7 Å². The molecule has 4 nitrogen and oxygen atoms in total. The minimum Gasteiger partial charge on any atom is -0.464 e. The third-order valence-corrected chi connectivity index (χ3v) is 4.67. The number of hydrogen-bond donors (Lipinski definition) is 0. The SMILES string of the molecule is FCN(CCCC(Oc1ccccc1CCc1cccc(OC(F)(F)F)c1)OC(F)F)C(F)(F)F. The van der Waals surface area contributed by atoms with Crippen LogP contribution in [0.2, 0.25) is 0 Å². The van der Waals surface area contributed by atoms with E-state index in [1.165, 1.54) is 24.3 Å². The first-order valence-corrected chi connectivity index (χ1v) is 10.3. The molecule has 0 fully saturated rings. The van der Waals surface area contributed by atoms with E-state index in [1.54, 1.807) is 18.2 Å². The molecule has 0 heterocycles. The summed E-state index contributed by atoms with van der Waals surface area (Å²) in [5.41, 5.74) is 0.999. The second-order valence-corrected chi connectivity index (χ2v) is 7.24. The fraction of sp³-hybridized carbons (Fsp3) is 0.455. The molecule has 0 N–H and O–H groups in total. The van der Waals surface area contributed by atoms with Crippen molar-refractivity contribution in [2.24, 2.45) is 0 Å². The third kappa shape index (κ3) is 10.6. The van der Waals surface area contributed by atoms with Crippen molar-refractivity contribution in [1.29, 1.82) is 0 Å². The largest absolute Gasteiger partial charge is 0.573 e. The van der Waals surface area contributed by atoms with E-state index in [1.807, 2.05) is 0 Å². The van der Waals surface area contributed by atoms with Crippen molar-refractivity contribution in [3.8, 4) is 11.5 Å². The monoisotopic (exact) mass is 519 g/mol. The van der Waals surface area contributed by atoms with Gasteiger partial charge in [-0.25, -0.2) is 4.39 Å². The van der Waals surface area contributed by atoms with Crippen LogP contribution in [-0.4, -0.2) is 43.8 Å². The van der Waals surface area contributed by atoms with E-state index in [9.17, 15) is 39.5 Å². The van der Waals surface area contributed by atoms with Gasteiger partial charge in [-0.15, -0.1) is 13.2 Å². The van der Waals surface area contributed by atoms with E-state index in [2.05, 4.69) is 9.47 Å². The molecule has 1 unspecified atom stereocenters. The van der Waals surface area contributed by atoms with Gasteiger partial charge in [0.25, 0.3) is 0 Å². The Hall–Kier alpha value is -2.67. The Morgan fingerprint density at radius 3 is 2.23 bits per heavy atom. The van der Waals surface area contributed by atoms with Crippen LogP contribution in [-0.2, 0) is 17.6 Å². The lowest BCUT2D eigenvalue weighted by Gasteiger charge is -2.24. The Labute approximate surface area is 195 Å².